The number of nitrogens with zero attached hydrogens (tertiary/aromatic N) is 1. The Morgan fingerprint density at radius 3 is 1.85 bits per heavy atom. The SMILES string of the molecule is C1=Cc2ccccc2N(CCC[NH+]2CC[NH+](Cc3ccccc3)CC2)c2ccccc21.O=C([O-])/C=C\C(=O)O. The van der Waals surface area contributed by atoms with E-state index in [1.807, 2.05) is 0 Å². The van der Waals surface area contributed by atoms with Crippen LogP contribution in [0.2, 0.25) is 0 Å². The molecular formula is C32H36N3O4+. The van der Waals surface area contributed by atoms with Gasteiger partial charge in [0.1, 0.15) is 32.7 Å². The average Bonchev–Trinajstić information content (AvgIpc) is 3.11. The number of rotatable bonds is 8. The highest BCUT2D eigenvalue weighted by Crippen LogP contribution is 2.35. The smallest absolute Gasteiger partial charge is 0.328 e. The zero-order chi connectivity index (χ0) is 27.5. The lowest BCUT2D eigenvalue weighted by atomic mass is 10.1. The van der Waals surface area contributed by atoms with E-state index in [1.165, 1.54) is 73.8 Å². The zero-order valence-electron chi connectivity index (χ0n) is 22.1. The Labute approximate surface area is 229 Å². The van der Waals surface area contributed by atoms with Crippen LogP contribution in [0.4, 0.5) is 11.4 Å². The summed E-state index contributed by atoms with van der Waals surface area (Å²) >= 11 is 0. The predicted molar refractivity (Wildman–Crippen MR) is 152 cm³/mol. The second-order valence-corrected chi connectivity index (χ2v) is 9.86. The Hall–Kier alpha value is -4.20. The number of hydrogen-bond acceptors (Lipinski definition) is 4. The number of carboxylic acids is 2. The topological polar surface area (TPSA) is 89.5 Å². The second kappa shape index (κ2) is 14.1. The molecule has 0 radical (unpaired) electrons. The van der Waals surface area contributed by atoms with Gasteiger partial charge < -0.3 is 29.7 Å². The first-order chi connectivity index (χ1) is 19.0. The molecule has 7 heteroatoms. The highest BCUT2D eigenvalue weighted by molar-refractivity contribution is 5.89. The minimum atomic E-state index is -1.51. The number of benzene rings is 3. The molecule has 2 heterocycles. The molecule has 202 valence electrons. The van der Waals surface area contributed by atoms with Gasteiger partial charge in [-0.25, -0.2) is 4.79 Å². The molecule has 0 amide bonds. The number of quaternary nitrogens is 2. The summed E-state index contributed by atoms with van der Waals surface area (Å²) in [7, 11) is 0. The molecule has 2 aliphatic heterocycles. The number of piperazine rings is 1. The van der Waals surface area contributed by atoms with Gasteiger partial charge in [-0.1, -0.05) is 78.9 Å². The molecule has 5 rings (SSSR count). The van der Waals surface area contributed by atoms with Gasteiger partial charge in [0.15, 0.2) is 0 Å². The molecule has 3 aromatic carbocycles. The maximum atomic E-state index is 9.53. The second-order valence-electron chi connectivity index (χ2n) is 9.86. The number of anilines is 2. The average molecular weight is 527 g/mol. The van der Waals surface area contributed by atoms with E-state index in [0.29, 0.717) is 12.2 Å². The summed E-state index contributed by atoms with van der Waals surface area (Å²) in [4.78, 5) is 25.0. The van der Waals surface area contributed by atoms with E-state index < -0.39 is 11.9 Å². The highest BCUT2D eigenvalue weighted by Gasteiger charge is 2.23. The Balaban J connectivity index is 0.000000386. The molecule has 3 N–H and O–H groups in total. The molecular weight excluding hydrogens is 490 g/mol. The third kappa shape index (κ3) is 8.40. The Morgan fingerprint density at radius 1 is 0.769 bits per heavy atom. The normalized spacial score (nSPS) is 17.9. The Bertz CT molecular complexity index is 1230. The molecule has 3 aromatic rings. The standard InChI is InChI=1S/C28H31N3.C4H4O4/c1-2-9-24(10-3-1)23-30-21-19-29(20-22-30)17-8-18-31-27-13-6-4-11-25(27)15-16-26-12-5-7-14-28(26)31;5-3(6)1-2-4(7)8/h1-7,9-16H,8,17-23H2;1-2H,(H,5,6)(H,7,8)/p+1/b;2-1-. The van der Waals surface area contributed by atoms with Crippen LogP contribution in [0.3, 0.4) is 0 Å². The first-order valence-corrected chi connectivity index (χ1v) is 13.5. The summed E-state index contributed by atoms with van der Waals surface area (Å²) in [6, 6.07) is 28.5. The van der Waals surface area contributed by atoms with Crippen molar-refractivity contribution in [3.05, 3.63) is 108 Å². The van der Waals surface area contributed by atoms with Gasteiger partial charge in [0, 0.05) is 36.0 Å². The number of para-hydroxylation sites is 2. The van der Waals surface area contributed by atoms with Crippen molar-refractivity contribution in [2.24, 2.45) is 0 Å². The highest BCUT2D eigenvalue weighted by atomic mass is 16.4. The Kier molecular flexibility index (Phi) is 10.1. The molecule has 0 bridgehead atoms. The molecule has 2 aliphatic rings. The van der Waals surface area contributed by atoms with E-state index in [2.05, 4.69) is 95.9 Å². The van der Waals surface area contributed by atoms with Crippen LogP contribution < -0.4 is 19.8 Å². The number of aliphatic carboxylic acids is 2. The minimum absolute atomic E-state index is 0.447. The van der Waals surface area contributed by atoms with Gasteiger partial charge in [0.25, 0.3) is 0 Å². The van der Waals surface area contributed by atoms with E-state index in [0.717, 1.165) is 6.54 Å². The Morgan fingerprint density at radius 2 is 1.31 bits per heavy atom. The fourth-order valence-corrected chi connectivity index (χ4v) is 5.19. The summed E-state index contributed by atoms with van der Waals surface area (Å²) in [5, 5.41) is 17.2. The van der Waals surface area contributed by atoms with E-state index >= 15 is 0 Å². The van der Waals surface area contributed by atoms with E-state index in [1.54, 1.807) is 9.80 Å². The molecule has 1 saturated heterocycles. The minimum Gasteiger partial charge on any atom is -0.545 e. The first-order valence-electron chi connectivity index (χ1n) is 13.5. The molecule has 0 aromatic heterocycles. The fraction of sp³-hybridized carbons (Fsp3) is 0.250. The lowest BCUT2D eigenvalue weighted by molar-refractivity contribution is -1.02. The van der Waals surface area contributed by atoms with Crippen LogP contribution in [-0.2, 0) is 16.1 Å². The van der Waals surface area contributed by atoms with Gasteiger partial charge in [-0.05, 0) is 29.3 Å². The number of carbonyl (C=O) groups excluding carboxylic acids is 1. The maximum Gasteiger partial charge on any atom is 0.328 e. The number of hydrogen-bond donors (Lipinski definition) is 3. The van der Waals surface area contributed by atoms with Crippen molar-refractivity contribution in [2.45, 2.75) is 13.0 Å². The van der Waals surface area contributed by atoms with Crippen molar-refractivity contribution >= 4 is 35.5 Å². The van der Waals surface area contributed by atoms with Gasteiger partial charge in [-0.15, -0.1) is 0 Å². The number of carbonyl (C=O) groups is 2. The predicted octanol–water partition coefficient (Wildman–Crippen LogP) is 1.06. The lowest BCUT2D eigenvalue weighted by Crippen LogP contribution is -3.27. The monoisotopic (exact) mass is 526 g/mol. The zero-order valence-corrected chi connectivity index (χ0v) is 22.1. The van der Waals surface area contributed by atoms with Crippen LogP contribution in [0, 0.1) is 0 Å². The van der Waals surface area contributed by atoms with Crippen molar-refractivity contribution in [1.29, 1.82) is 0 Å². The van der Waals surface area contributed by atoms with Crippen molar-refractivity contribution in [2.75, 3.05) is 44.2 Å². The molecule has 0 saturated carbocycles. The summed E-state index contributed by atoms with van der Waals surface area (Å²) in [5.74, 6) is -2.80. The van der Waals surface area contributed by atoms with Crippen molar-refractivity contribution in [3.8, 4) is 0 Å². The van der Waals surface area contributed by atoms with Gasteiger partial charge in [0.2, 0.25) is 0 Å². The molecule has 0 spiro atoms. The van der Waals surface area contributed by atoms with Crippen LogP contribution in [0.1, 0.15) is 23.1 Å². The summed E-state index contributed by atoms with van der Waals surface area (Å²) in [6.07, 6.45) is 6.67. The fourth-order valence-electron chi connectivity index (χ4n) is 5.19. The van der Waals surface area contributed by atoms with Crippen LogP contribution >= 0.6 is 0 Å². The summed E-state index contributed by atoms with van der Waals surface area (Å²) in [6.45, 7) is 8.63. The third-order valence-corrected chi connectivity index (χ3v) is 7.13. The summed E-state index contributed by atoms with van der Waals surface area (Å²) < 4.78 is 0. The largest absolute Gasteiger partial charge is 0.545 e. The maximum absolute atomic E-state index is 9.53. The van der Waals surface area contributed by atoms with E-state index in [4.69, 9.17) is 5.11 Å². The van der Waals surface area contributed by atoms with Gasteiger partial charge in [-0.2, -0.15) is 0 Å². The van der Waals surface area contributed by atoms with Gasteiger partial charge in [-0.3, -0.25) is 0 Å². The van der Waals surface area contributed by atoms with Crippen LogP contribution in [0.25, 0.3) is 12.2 Å². The molecule has 7 nitrogen and oxygen atoms in total. The van der Waals surface area contributed by atoms with Crippen molar-refractivity contribution in [3.63, 3.8) is 0 Å². The quantitative estimate of drug-likeness (QED) is 0.382. The van der Waals surface area contributed by atoms with E-state index in [9.17, 15) is 14.7 Å². The van der Waals surface area contributed by atoms with Crippen molar-refractivity contribution < 1.29 is 29.6 Å². The molecule has 0 unspecified atom stereocenters. The van der Waals surface area contributed by atoms with Crippen LogP contribution in [0.5, 0.6) is 0 Å². The molecule has 0 aliphatic carbocycles. The summed E-state index contributed by atoms with van der Waals surface area (Å²) in [5.41, 5.74) is 6.74. The number of nitrogens with one attached hydrogen (secondary N) is 2. The molecule has 0 atom stereocenters. The number of fused-ring (bicyclic) bond motifs is 2. The van der Waals surface area contributed by atoms with Crippen LogP contribution in [-0.4, -0.2) is 56.3 Å². The third-order valence-electron chi connectivity index (χ3n) is 7.13. The van der Waals surface area contributed by atoms with E-state index in [-0.39, 0.29) is 0 Å². The van der Waals surface area contributed by atoms with Crippen molar-refractivity contribution in [1.82, 2.24) is 0 Å². The molecule has 1 fully saturated rings. The van der Waals surface area contributed by atoms with Crippen LogP contribution in [0.15, 0.2) is 91.0 Å². The first kappa shape index (κ1) is 27.8. The molecule has 39 heavy (non-hydrogen) atoms. The number of carboxylic acid groups (broad SMARTS) is 2. The lowest BCUT2D eigenvalue weighted by Gasteiger charge is -2.31. The van der Waals surface area contributed by atoms with Gasteiger partial charge in [0.05, 0.1) is 12.5 Å². The van der Waals surface area contributed by atoms with Gasteiger partial charge >= 0.3 is 5.97 Å².